The fourth-order valence-electron chi connectivity index (χ4n) is 2.58. The third-order valence-corrected chi connectivity index (χ3v) is 3.94. The Hall–Kier alpha value is -2.40. The van der Waals surface area contributed by atoms with E-state index in [2.05, 4.69) is 5.10 Å². The molecule has 118 valence electrons. The lowest BCUT2D eigenvalue weighted by atomic mass is 10.1. The quantitative estimate of drug-likeness (QED) is 0.748. The van der Waals surface area contributed by atoms with Crippen molar-refractivity contribution in [2.75, 3.05) is 0 Å². The van der Waals surface area contributed by atoms with Gasteiger partial charge in [-0.1, -0.05) is 52.8 Å². The van der Waals surface area contributed by atoms with Gasteiger partial charge in [0.05, 0.1) is 0 Å². The molecular formula is C17H17ClN3O2+. The van der Waals surface area contributed by atoms with Crippen molar-refractivity contribution in [3.8, 4) is 11.6 Å². The number of para-hydroxylation sites is 1. The lowest BCUT2D eigenvalue weighted by Crippen LogP contribution is -2.40. The lowest BCUT2D eigenvalue weighted by Gasteiger charge is -2.08. The van der Waals surface area contributed by atoms with E-state index in [1.165, 1.54) is 4.52 Å². The van der Waals surface area contributed by atoms with Crippen molar-refractivity contribution in [2.45, 2.75) is 26.2 Å². The Labute approximate surface area is 138 Å². The minimum atomic E-state index is -0.333. The Morgan fingerprint density at radius 3 is 2.65 bits per heavy atom. The van der Waals surface area contributed by atoms with Crippen LogP contribution in [-0.2, 0) is 6.42 Å². The number of benzene rings is 1. The number of hydrogen-bond acceptors (Lipinski definition) is 3. The number of aromatic nitrogens is 3. The highest BCUT2D eigenvalue weighted by molar-refractivity contribution is 6.29. The van der Waals surface area contributed by atoms with E-state index in [0.717, 1.165) is 18.5 Å². The Bertz CT molecular complexity index is 907. The van der Waals surface area contributed by atoms with Crippen LogP contribution in [0.2, 0.25) is 5.15 Å². The summed E-state index contributed by atoms with van der Waals surface area (Å²) in [5.74, 6) is -0.0428. The number of unbranched alkanes of at least 4 members (excludes halogenated alkanes) is 1. The number of halogens is 1. The van der Waals surface area contributed by atoms with Crippen molar-refractivity contribution in [3.63, 3.8) is 0 Å². The molecule has 5 nitrogen and oxygen atoms in total. The van der Waals surface area contributed by atoms with Gasteiger partial charge >= 0.3 is 11.2 Å². The normalized spacial score (nSPS) is 11.0. The van der Waals surface area contributed by atoms with Gasteiger partial charge in [0.2, 0.25) is 0 Å². The molecule has 0 spiro atoms. The molecule has 3 rings (SSSR count). The molecule has 0 saturated carbocycles. The van der Waals surface area contributed by atoms with Crippen molar-refractivity contribution in [1.29, 1.82) is 0 Å². The van der Waals surface area contributed by atoms with E-state index in [1.54, 1.807) is 16.7 Å². The summed E-state index contributed by atoms with van der Waals surface area (Å²) in [7, 11) is 0. The average Bonchev–Trinajstić information content (AvgIpc) is 2.56. The molecule has 2 aromatic heterocycles. The topological polar surface area (TPSA) is 58.5 Å². The minimum absolute atomic E-state index is 0.0428. The standard InChI is InChI=1S/C17H16ClN3O2/c1-2-3-9-13-16(22)20(12-7-5-4-6-8-12)15-11-10-14(18)19-21(15)17(13)23/h4-8,10-11H,2-3,9H2,1H3/p+1. The predicted molar refractivity (Wildman–Crippen MR) is 88.3 cm³/mol. The number of nitrogens with zero attached hydrogens (tertiary/aromatic N) is 3. The summed E-state index contributed by atoms with van der Waals surface area (Å²) in [6.45, 7) is 2.04. The molecule has 0 radical (unpaired) electrons. The Morgan fingerprint density at radius 1 is 1.22 bits per heavy atom. The first-order chi connectivity index (χ1) is 11.1. The third-order valence-electron chi connectivity index (χ3n) is 3.74. The van der Waals surface area contributed by atoms with Gasteiger partial charge in [-0.2, -0.15) is 4.57 Å². The number of rotatable bonds is 4. The van der Waals surface area contributed by atoms with Gasteiger partial charge < -0.3 is 5.11 Å². The van der Waals surface area contributed by atoms with Crippen molar-refractivity contribution in [1.82, 2.24) is 9.61 Å². The van der Waals surface area contributed by atoms with Crippen LogP contribution in [0.3, 0.4) is 0 Å². The van der Waals surface area contributed by atoms with Crippen LogP contribution in [0.5, 0.6) is 5.88 Å². The summed E-state index contributed by atoms with van der Waals surface area (Å²) in [5, 5.41) is 15.0. The highest BCUT2D eigenvalue weighted by atomic mass is 35.5. The first-order valence-corrected chi connectivity index (χ1v) is 7.92. The zero-order valence-electron chi connectivity index (χ0n) is 12.7. The summed E-state index contributed by atoms with van der Waals surface area (Å²) in [4.78, 5) is 12.7. The van der Waals surface area contributed by atoms with Crippen LogP contribution in [0, 0.1) is 0 Å². The first kappa shape index (κ1) is 15.5. The van der Waals surface area contributed by atoms with Crippen LogP contribution in [0.4, 0.5) is 0 Å². The second-order valence-corrected chi connectivity index (χ2v) is 5.70. The monoisotopic (exact) mass is 330 g/mol. The molecular weight excluding hydrogens is 314 g/mol. The maximum Gasteiger partial charge on any atom is 0.370 e. The largest absolute Gasteiger partial charge is 0.477 e. The maximum absolute atomic E-state index is 12.7. The third kappa shape index (κ3) is 2.80. The van der Waals surface area contributed by atoms with E-state index in [1.807, 2.05) is 37.3 Å². The minimum Gasteiger partial charge on any atom is -0.477 e. The van der Waals surface area contributed by atoms with Gasteiger partial charge in [0.15, 0.2) is 5.15 Å². The van der Waals surface area contributed by atoms with Crippen molar-refractivity contribution in [3.05, 3.63) is 63.5 Å². The molecule has 0 unspecified atom stereocenters. The van der Waals surface area contributed by atoms with E-state index < -0.39 is 0 Å². The van der Waals surface area contributed by atoms with Crippen LogP contribution in [0.15, 0.2) is 47.3 Å². The fourth-order valence-corrected chi connectivity index (χ4v) is 2.72. The molecule has 2 heterocycles. The van der Waals surface area contributed by atoms with Crippen LogP contribution < -0.4 is 10.1 Å². The molecule has 0 fully saturated rings. The SMILES string of the molecule is CCCCc1c(O)[n+](-c2ccccc2)c2ccc(Cl)nn2c1=O. The van der Waals surface area contributed by atoms with Crippen molar-refractivity contribution in [2.24, 2.45) is 0 Å². The molecule has 0 amide bonds. The molecule has 0 bridgehead atoms. The van der Waals surface area contributed by atoms with Crippen molar-refractivity contribution >= 4 is 17.2 Å². The van der Waals surface area contributed by atoms with Crippen LogP contribution >= 0.6 is 11.6 Å². The Morgan fingerprint density at radius 2 is 1.96 bits per heavy atom. The fraction of sp³-hybridized carbons (Fsp3) is 0.235. The average molecular weight is 331 g/mol. The zero-order valence-corrected chi connectivity index (χ0v) is 13.5. The number of aromatic hydroxyl groups is 1. The molecule has 1 aromatic carbocycles. The summed E-state index contributed by atoms with van der Waals surface area (Å²) in [6, 6.07) is 12.6. The summed E-state index contributed by atoms with van der Waals surface area (Å²) in [6.07, 6.45) is 2.23. The number of fused-ring (bicyclic) bond motifs is 1. The van der Waals surface area contributed by atoms with Gasteiger partial charge in [0, 0.05) is 6.07 Å². The molecule has 0 aliphatic heterocycles. The Kier molecular flexibility index (Phi) is 4.30. The van der Waals surface area contributed by atoms with E-state index in [-0.39, 0.29) is 16.6 Å². The van der Waals surface area contributed by atoms with E-state index in [0.29, 0.717) is 17.6 Å². The van der Waals surface area contributed by atoms with Crippen LogP contribution in [0.1, 0.15) is 25.3 Å². The van der Waals surface area contributed by atoms with Crippen LogP contribution in [0.25, 0.3) is 11.3 Å². The van der Waals surface area contributed by atoms with Crippen LogP contribution in [-0.4, -0.2) is 14.7 Å². The molecule has 23 heavy (non-hydrogen) atoms. The van der Waals surface area contributed by atoms with E-state index in [4.69, 9.17) is 11.6 Å². The molecule has 0 atom stereocenters. The predicted octanol–water partition coefficient (Wildman–Crippen LogP) is 2.67. The molecule has 6 heteroatoms. The summed E-state index contributed by atoms with van der Waals surface area (Å²) < 4.78 is 2.87. The van der Waals surface area contributed by atoms with Gasteiger partial charge in [-0.3, -0.25) is 0 Å². The summed E-state index contributed by atoms with van der Waals surface area (Å²) in [5.41, 5.74) is 1.23. The number of hydrogen-bond donors (Lipinski definition) is 1. The molecule has 1 N–H and O–H groups in total. The Balaban J connectivity index is 2.39. The van der Waals surface area contributed by atoms with Gasteiger partial charge in [0.1, 0.15) is 11.3 Å². The smallest absolute Gasteiger partial charge is 0.370 e. The van der Waals surface area contributed by atoms with E-state index >= 15 is 0 Å². The first-order valence-electron chi connectivity index (χ1n) is 7.54. The lowest BCUT2D eigenvalue weighted by molar-refractivity contribution is -0.581. The van der Waals surface area contributed by atoms with Gasteiger partial charge in [-0.05, 0) is 31.0 Å². The molecule has 3 aromatic rings. The molecule has 0 aliphatic carbocycles. The van der Waals surface area contributed by atoms with Gasteiger partial charge in [0.25, 0.3) is 5.88 Å². The highest BCUT2D eigenvalue weighted by Crippen LogP contribution is 2.16. The highest BCUT2D eigenvalue weighted by Gasteiger charge is 2.25. The second-order valence-electron chi connectivity index (χ2n) is 5.31. The van der Waals surface area contributed by atoms with Crippen molar-refractivity contribution < 1.29 is 9.67 Å². The molecule has 0 aliphatic rings. The van der Waals surface area contributed by atoms with Gasteiger partial charge in [-0.25, -0.2) is 4.79 Å². The second kappa shape index (κ2) is 6.38. The van der Waals surface area contributed by atoms with E-state index in [9.17, 15) is 9.90 Å². The maximum atomic E-state index is 12.7. The van der Waals surface area contributed by atoms with Gasteiger partial charge in [-0.15, -0.1) is 0 Å². The zero-order chi connectivity index (χ0) is 16.4. The molecule has 0 saturated heterocycles. The summed E-state index contributed by atoms with van der Waals surface area (Å²) >= 11 is 5.94.